The molecule has 0 heterocycles. The fourth-order valence-electron chi connectivity index (χ4n) is 2.34. The zero-order valence-electron chi connectivity index (χ0n) is 9.75. The number of Topliss-reactive ketones (excluding diaryl/α,β-unsaturated/α-hetero) is 1. The first-order chi connectivity index (χ1) is 8.84. The van der Waals surface area contributed by atoms with Crippen LogP contribution in [-0.2, 0) is 11.0 Å². The predicted molar refractivity (Wildman–Crippen MR) is 67.7 cm³/mol. The molecule has 3 unspecified atom stereocenters. The van der Waals surface area contributed by atoms with Crippen molar-refractivity contribution in [2.75, 3.05) is 5.88 Å². The summed E-state index contributed by atoms with van der Waals surface area (Å²) in [5.74, 6) is -0.786. The van der Waals surface area contributed by atoms with E-state index in [1.165, 1.54) is 12.1 Å². The van der Waals surface area contributed by atoms with Crippen molar-refractivity contribution in [3.63, 3.8) is 0 Å². The summed E-state index contributed by atoms with van der Waals surface area (Å²) in [7, 11) is 0. The zero-order chi connectivity index (χ0) is 14.2. The van der Waals surface area contributed by atoms with Crippen molar-refractivity contribution in [3.8, 4) is 0 Å². The van der Waals surface area contributed by atoms with Gasteiger partial charge in [0.1, 0.15) is 0 Å². The molecule has 1 nitrogen and oxygen atoms in total. The van der Waals surface area contributed by atoms with E-state index in [1.807, 2.05) is 0 Å². The Bertz CT molecular complexity index is 487. The van der Waals surface area contributed by atoms with Crippen LogP contribution in [0.2, 0.25) is 0 Å². The second-order valence-corrected chi connectivity index (χ2v) is 5.41. The van der Waals surface area contributed by atoms with Gasteiger partial charge in [-0.3, -0.25) is 4.79 Å². The van der Waals surface area contributed by atoms with E-state index >= 15 is 0 Å². The molecular weight excluding hydrogens is 300 g/mol. The number of ketones is 1. The Morgan fingerprint density at radius 1 is 1.32 bits per heavy atom. The molecule has 1 aliphatic carbocycles. The third-order valence-electron chi connectivity index (χ3n) is 3.38. The van der Waals surface area contributed by atoms with Gasteiger partial charge in [0.2, 0.25) is 0 Å². The molecule has 3 atom stereocenters. The quantitative estimate of drug-likeness (QED) is 0.747. The van der Waals surface area contributed by atoms with Crippen LogP contribution in [0.1, 0.15) is 23.5 Å². The number of carbonyl (C=O) groups is 1. The number of benzene rings is 1. The third-order valence-corrected chi connectivity index (χ3v) is 4.35. The lowest BCUT2D eigenvalue weighted by atomic mass is 9.94. The smallest absolute Gasteiger partial charge is 0.297 e. The predicted octanol–water partition coefficient (Wildman–Crippen LogP) is 4.22. The van der Waals surface area contributed by atoms with E-state index in [2.05, 4.69) is 0 Å². The molecule has 0 spiro atoms. The van der Waals surface area contributed by atoms with Gasteiger partial charge < -0.3 is 0 Å². The van der Waals surface area contributed by atoms with Gasteiger partial charge in [0.25, 0.3) is 0 Å². The van der Waals surface area contributed by atoms with E-state index in [0.717, 1.165) is 12.1 Å². The normalized spacial score (nSPS) is 27.8. The Labute approximate surface area is 118 Å². The first kappa shape index (κ1) is 14.7. The van der Waals surface area contributed by atoms with Gasteiger partial charge in [-0.25, -0.2) is 0 Å². The molecule has 104 valence electrons. The molecule has 0 radical (unpaired) electrons. The molecule has 0 bridgehead atoms. The molecule has 6 heteroatoms. The minimum atomic E-state index is -4.41. The van der Waals surface area contributed by atoms with Crippen molar-refractivity contribution in [1.29, 1.82) is 0 Å². The van der Waals surface area contributed by atoms with E-state index in [9.17, 15) is 18.0 Å². The lowest BCUT2D eigenvalue weighted by Gasteiger charge is -2.12. The summed E-state index contributed by atoms with van der Waals surface area (Å²) in [5, 5.41) is -0.711. The molecule has 1 aromatic carbocycles. The molecular formula is C13H11Cl2F3O. The number of carbonyl (C=O) groups excluding carboxylic acids is 1. The summed E-state index contributed by atoms with van der Waals surface area (Å²) in [6, 6.07) is 4.84. The molecule has 0 N–H and O–H groups in total. The van der Waals surface area contributed by atoms with Crippen LogP contribution in [0.3, 0.4) is 0 Å². The van der Waals surface area contributed by atoms with Crippen LogP contribution in [0.5, 0.6) is 0 Å². The third kappa shape index (κ3) is 2.90. The summed E-state index contributed by atoms with van der Waals surface area (Å²) in [6.07, 6.45) is -4.01. The molecule has 1 aromatic rings. The van der Waals surface area contributed by atoms with Gasteiger partial charge in [-0.2, -0.15) is 13.2 Å². The highest BCUT2D eigenvalue weighted by Gasteiger charge is 2.42. The van der Waals surface area contributed by atoms with Crippen molar-refractivity contribution in [2.45, 2.75) is 23.9 Å². The molecule has 0 saturated heterocycles. The molecule has 0 amide bonds. The molecule has 1 fully saturated rings. The number of hydrogen-bond donors (Lipinski definition) is 0. The number of hydrogen-bond acceptors (Lipinski definition) is 1. The van der Waals surface area contributed by atoms with E-state index in [4.69, 9.17) is 23.2 Å². The van der Waals surface area contributed by atoms with Crippen molar-refractivity contribution < 1.29 is 18.0 Å². The van der Waals surface area contributed by atoms with Crippen molar-refractivity contribution in [1.82, 2.24) is 0 Å². The average Bonchev–Trinajstić information content (AvgIpc) is 2.65. The molecule has 19 heavy (non-hydrogen) atoms. The molecule has 1 saturated carbocycles. The lowest BCUT2D eigenvalue weighted by molar-refractivity contribution is -0.137. The largest absolute Gasteiger partial charge is 0.416 e. The average molecular weight is 311 g/mol. The summed E-state index contributed by atoms with van der Waals surface area (Å²) in [6.45, 7) is 0. The Kier molecular flexibility index (Phi) is 4.11. The molecule has 2 rings (SSSR count). The SMILES string of the molecule is O=C1C(c2cccc(C(F)(F)F)c2)CC(CCl)C1Cl. The maximum atomic E-state index is 12.6. The lowest BCUT2D eigenvalue weighted by Crippen LogP contribution is -2.17. The maximum Gasteiger partial charge on any atom is 0.416 e. The van der Waals surface area contributed by atoms with Gasteiger partial charge in [0, 0.05) is 11.8 Å². The van der Waals surface area contributed by atoms with E-state index in [-0.39, 0.29) is 17.6 Å². The number of halogens is 5. The fourth-order valence-corrected chi connectivity index (χ4v) is 3.08. The first-order valence-corrected chi connectivity index (χ1v) is 6.72. The molecule has 0 aromatic heterocycles. The standard InChI is InChI=1S/C13H11Cl2F3O/c14-6-8-5-10(12(19)11(8)15)7-2-1-3-9(4-7)13(16,17)18/h1-4,8,10-11H,5-6H2. The Hall–Kier alpha value is -0.740. The Morgan fingerprint density at radius 3 is 2.53 bits per heavy atom. The van der Waals surface area contributed by atoms with E-state index in [0.29, 0.717) is 12.0 Å². The highest BCUT2D eigenvalue weighted by Crippen LogP contribution is 2.40. The minimum absolute atomic E-state index is 0.185. The topological polar surface area (TPSA) is 17.1 Å². The minimum Gasteiger partial charge on any atom is -0.297 e. The van der Waals surface area contributed by atoms with Crippen molar-refractivity contribution in [2.24, 2.45) is 5.92 Å². The van der Waals surface area contributed by atoms with Crippen molar-refractivity contribution in [3.05, 3.63) is 35.4 Å². The van der Waals surface area contributed by atoms with Crippen LogP contribution < -0.4 is 0 Å². The van der Waals surface area contributed by atoms with Crippen LogP contribution in [-0.4, -0.2) is 17.0 Å². The molecule has 0 aliphatic heterocycles. The summed E-state index contributed by atoms with van der Waals surface area (Å²) >= 11 is 11.7. The van der Waals surface area contributed by atoms with Gasteiger partial charge in [0.15, 0.2) is 5.78 Å². The number of rotatable bonds is 2. The van der Waals surface area contributed by atoms with Crippen LogP contribution in [0.25, 0.3) is 0 Å². The highest BCUT2D eigenvalue weighted by molar-refractivity contribution is 6.33. The second-order valence-electron chi connectivity index (χ2n) is 4.63. The zero-order valence-corrected chi connectivity index (χ0v) is 11.3. The van der Waals surface area contributed by atoms with Crippen LogP contribution >= 0.6 is 23.2 Å². The monoisotopic (exact) mass is 310 g/mol. The first-order valence-electron chi connectivity index (χ1n) is 5.75. The van der Waals surface area contributed by atoms with Gasteiger partial charge in [-0.1, -0.05) is 18.2 Å². The highest BCUT2D eigenvalue weighted by atomic mass is 35.5. The van der Waals surface area contributed by atoms with Gasteiger partial charge in [-0.05, 0) is 24.0 Å². The summed E-state index contributed by atoms with van der Waals surface area (Å²) in [5.41, 5.74) is -0.392. The number of alkyl halides is 5. The fraction of sp³-hybridized carbons (Fsp3) is 0.462. The van der Waals surface area contributed by atoms with Gasteiger partial charge in [-0.15, -0.1) is 23.2 Å². The van der Waals surface area contributed by atoms with E-state index < -0.39 is 23.0 Å². The van der Waals surface area contributed by atoms with Gasteiger partial charge >= 0.3 is 6.18 Å². The maximum absolute atomic E-state index is 12.6. The summed E-state index contributed by atoms with van der Waals surface area (Å²) in [4.78, 5) is 12.0. The second kappa shape index (κ2) is 5.33. The summed E-state index contributed by atoms with van der Waals surface area (Å²) < 4.78 is 37.9. The van der Waals surface area contributed by atoms with Crippen LogP contribution in [0.4, 0.5) is 13.2 Å². The van der Waals surface area contributed by atoms with E-state index in [1.54, 1.807) is 0 Å². The Balaban J connectivity index is 2.31. The Morgan fingerprint density at radius 2 is 2.00 bits per heavy atom. The van der Waals surface area contributed by atoms with Crippen molar-refractivity contribution >= 4 is 29.0 Å². The van der Waals surface area contributed by atoms with Gasteiger partial charge in [0.05, 0.1) is 10.9 Å². The van der Waals surface area contributed by atoms with Crippen LogP contribution in [0.15, 0.2) is 24.3 Å². The van der Waals surface area contributed by atoms with Crippen LogP contribution in [0, 0.1) is 5.92 Å². The molecule has 1 aliphatic rings.